The van der Waals surface area contributed by atoms with Gasteiger partial charge in [0.2, 0.25) is 0 Å². The number of allylic oxidation sites excluding steroid dienone is 5. The average Bonchev–Trinajstić information content (AvgIpc) is 3.33. The van der Waals surface area contributed by atoms with Gasteiger partial charge >= 0.3 is 0 Å². The molecule has 1 saturated heterocycles. The first kappa shape index (κ1) is 22.2. The molecule has 2 spiro atoms. The third kappa shape index (κ3) is 3.04. The molecule has 178 valence electrons. The van der Waals surface area contributed by atoms with Gasteiger partial charge in [-0.3, -0.25) is 0 Å². The van der Waals surface area contributed by atoms with Gasteiger partial charge in [0.15, 0.2) is 0 Å². The van der Waals surface area contributed by atoms with E-state index < -0.39 is 0 Å². The van der Waals surface area contributed by atoms with Crippen LogP contribution in [0.2, 0.25) is 0 Å². The Morgan fingerprint density at radius 2 is 2.03 bits per heavy atom. The third-order valence-corrected chi connectivity index (χ3v) is 9.76. The number of ether oxygens (including phenoxy) is 1. The summed E-state index contributed by atoms with van der Waals surface area (Å²) in [5.74, 6) is 0.474. The summed E-state index contributed by atoms with van der Waals surface area (Å²) < 4.78 is 7.35. The van der Waals surface area contributed by atoms with Crippen molar-refractivity contribution in [3.63, 3.8) is 0 Å². The quantitative estimate of drug-likeness (QED) is 0.524. The fourth-order valence-corrected chi connectivity index (χ4v) is 7.75. The van der Waals surface area contributed by atoms with E-state index in [1.807, 2.05) is 12.4 Å². The number of aryl methyl sites for hydroxylation is 1. The minimum Gasteiger partial charge on any atom is -0.359 e. The Hall–Kier alpha value is -2.30. The molecule has 3 aliphatic carbocycles. The van der Waals surface area contributed by atoms with E-state index in [0.717, 1.165) is 48.8 Å². The second-order valence-electron chi connectivity index (χ2n) is 11.7. The van der Waals surface area contributed by atoms with E-state index in [9.17, 15) is 0 Å². The van der Waals surface area contributed by atoms with Crippen LogP contribution in [0, 0.1) is 18.3 Å². The van der Waals surface area contributed by atoms with Crippen molar-refractivity contribution in [2.24, 2.45) is 11.3 Å². The Morgan fingerprint density at radius 3 is 2.82 bits per heavy atom. The number of rotatable bonds is 4. The summed E-state index contributed by atoms with van der Waals surface area (Å²) in [6.45, 7) is 9.03. The highest BCUT2D eigenvalue weighted by Gasteiger charge is 2.65. The molecule has 1 aromatic heterocycles. The molecular formula is C30H37N3O. The Bertz CT molecular complexity index is 1170. The summed E-state index contributed by atoms with van der Waals surface area (Å²) in [7, 11) is 4.45. The molecule has 5 atom stereocenters. The van der Waals surface area contributed by atoms with E-state index in [1.165, 1.54) is 24.0 Å². The van der Waals surface area contributed by atoms with Crippen molar-refractivity contribution in [1.29, 1.82) is 0 Å². The van der Waals surface area contributed by atoms with Crippen LogP contribution in [0.3, 0.4) is 0 Å². The van der Waals surface area contributed by atoms with Crippen LogP contribution < -0.4 is 0 Å². The van der Waals surface area contributed by atoms with Crippen LogP contribution in [0.5, 0.6) is 0 Å². The first-order valence-corrected chi connectivity index (χ1v) is 12.9. The van der Waals surface area contributed by atoms with Crippen molar-refractivity contribution in [2.45, 2.75) is 76.0 Å². The normalized spacial score (nSPS) is 38.2. The van der Waals surface area contributed by atoms with Crippen LogP contribution in [-0.2, 0) is 4.74 Å². The SMILES string of the molecule is C=C(/C=C\c1cnncc1C)C1=CC[C@@H]2[C@]1(C)CC=C1C=C3CC[C@H](N(C)C)C[C@]34CC[C@@]12O4. The topological polar surface area (TPSA) is 38.2 Å². The standard InChI is InChI=1S/C30H37N3O/c1-20(6-7-22-19-32-31-18-21(22)2)26-10-11-27-28(26,3)13-12-24-16-23-8-9-25(33(4)5)17-29(23)14-15-30(24,27)34-29/h6-7,10,12,16,18-19,25,27H,1,8-9,11,13-15,17H2,2-5H3/b7-6-/t25-,27+,28+,29+,30+/m0/s1. The van der Waals surface area contributed by atoms with E-state index in [-0.39, 0.29) is 16.6 Å². The summed E-state index contributed by atoms with van der Waals surface area (Å²) >= 11 is 0. The molecule has 34 heavy (non-hydrogen) atoms. The number of hydrogen-bond donors (Lipinski definition) is 0. The minimum absolute atomic E-state index is 0.0473. The van der Waals surface area contributed by atoms with Gasteiger partial charge in [-0.05, 0) is 99.4 Å². The molecule has 4 nitrogen and oxygen atoms in total. The van der Waals surface area contributed by atoms with E-state index in [0.29, 0.717) is 12.0 Å². The largest absolute Gasteiger partial charge is 0.359 e. The highest BCUT2D eigenvalue weighted by Crippen LogP contribution is 2.67. The number of hydrogen-bond acceptors (Lipinski definition) is 4. The average molecular weight is 456 g/mol. The Labute approximate surface area is 204 Å². The lowest BCUT2D eigenvalue weighted by Gasteiger charge is -2.54. The molecule has 0 N–H and O–H groups in total. The smallest absolute Gasteiger partial charge is 0.0980 e. The molecule has 6 rings (SSSR count). The summed E-state index contributed by atoms with van der Waals surface area (Å²) in [6.07, 6.45) is 23.5. The lowest BCUT2D eigenvalue weighted by Crippen LogP contribution is -2.55. The zero-order valence-corrected chi connectivity index (χ0v) is 21.1. The molecule has 0 amide bonds. The van der Waals surface area contributed by atoms with Crippen LogP contribution in [-0.4, -0.2) is 46.4 Å². The highest BCUT2D eigenvalue weighted by molar-refractivity contribution is 5.60. The zero-order chi connectivity index (χ0) is 23.7. The molecule has 5 aliphatic rings. The molecular weight excluding hydrogens is 418 g/mol. The second-order valence-corrected chi connectivity index (χ2v) is 11.7. The Balaban J connectivity index is 1.30. The Kier molecular flexibility index (Phi) is 4.96. The van der Waals surface area contributed by atoms with Crippen molar-refractivity contribution in [1.82, 2.24) is 15.1 Å². The molecule has 2 fully saturated rings. The monoisotopic (exact) mass is 455 g/mol. The first-order chi connectivity index (χ1) is 16.3. The van der Waals surface area contributed by atoms with Gasteiger partial charge in [0.05, 0.1) is 23.6 Å². The fourth-order valence-electron chi connectivity index (χ4n) is 7.75. The fraction of sp³-hybridized carbons (Fsp3) is 0.533. The van der Waals surface area contributed by atoms with Crippen molar-refractivity contribution < 1.29 is 4.74 Å². The van der Waals surface area contributed by atoms with E-state index in [2.05, 4.69) is 80.0 Å². The summed E-state index contributed by atoms with van der Waals surface area (Å²) in [5, 5.41) is 8.01. The molecule has 0 radical (unpaired) electrons. The number of aromatic nitrogens is 2. The van der Waals surface area contributed by atoms with Gasteiger partial charge in [-0.2, -0.15) is 10.2 Å². The first-order valence-electron chi connectivity index (χ1n) is 12.9. The van der Waals surface area contributed by atoms with E-state index in [4.69, 9.17) is 4.74 Å². The van der Waals surface area contributed by atoms with Crippen LogP contribution >= 0.6 is 0 Å². The van der Waals surface area contributed by atoms with Crippen LogP contribution in [0.4, 0.5) is 0 Å². The molecule has 2 aliphatic heterocycles. The number of nitrogens with zero attached hydrogens (tertiary/aromatic N) is 3. The van der Waals surface area contributed by atoms with Crippen LogP contribution in [0.1, 0.15) is 63.0 Å². The van der Waals surface area contributed by atoms with Gasteiger partial charge in [0.25, 0.3) is 0 Å². The molecule has 0 unspecified atom stereocenters. The molecule has 4 heteroatoms. The van der Waals surface area contributed by atoms with E-state index in [1.54, 1.807) is 5.57 Å². The van der Waals surface area contributed by atoms with Gasteiger partial charge in [-0.1, -0.05) is 43.9 Å². The van der Waals surface area contributed by atoms with Crippen molar-refractivity contribution in [2.75, 3.05) is 14.1 Å². The summed E-state index contributed by atoms with van der Waals surface area (Å²) in [6, 6.07) is 0.612. The third-order valence-electron chi connectivity index (χ3n) is 9.76. The number of fused-ring (bicyclic) bond motifs is 1. The summed E-state index contributed by atoms with van der Waals surface area (Å²) in [5.41, 5.74) is 7.64. The Morgan fingerprint density at radius 1 is 1.21 bits per heavy atom. The second kappa shape index (κ2) is 7.60. The van der Waals surface area contributed by atoms with Gasteiger partial charge < -0.3 is 9.64 Å². The van der Waals surface area contributed by atoms with Crippen LogP contribution in [0.15, 0.2) is 65.6 Å². The predicted octanol–water partition coefficient (Wildman–Crippen LogP) is 5.98. The molecule has 0 aromatic carbocycles. The van der Waals surface area contributed by atoms with Gasteiger partial charge in [-0.15, -0.1) is 0 Å². The van der Waals surface area contributed by atoms with E-state index >= 15 is 0 Å². The van der Waals surface area contributed by atoms with Gasteiger partial charge in [0.1, 0.15) is 0 Å². The summed E-state index contributed by atoms with van der Waals surface area (Å²) in [4.78, 5) is 2.40. The predicted molar refractivity (Wildman–Crippen MR) is 137 cm³/mol. The molecule has 3 heterocycles. The van der Waals surface area contributed by atoms with Crippen molar-refractivity contribution >= 4 is 6.08 Å². The lowest BCUT2D eigenvalue weighted by molar-refractivity contribution is -0.135. The highest BCUT2D eigenvalue weighted by atomic mass is 16.5. The molecule has 2 bridgehead atoms. The van der Waals surface area contributed by atoms with Gasteiger partial charge in [0, 0.05) is 17.4 Å². The minimum atomic E-state index is -0.140. The maximum Gasteiger partial charge on any atom is 0.0980 e. The zero-order valence-electron chi connectivity index (χ0n) is 21.1. The van der Waals surface area contributed by atoms with Gasteiger partial charge in [-0.25, -0.2) is 0 Å². The van der Waals surface area contributed by atoms with Crippen molar-refractivity contribution in [3.8, 4) is 0 Å². The molecule has 1 aromatic rings. The molecule has 1 saturated carbocycles. The van der Waals surface area contributed by atoms with Crippen molar-refractivity contribution in [3.05, 3.63) is 76.7 Å². The maximum atomic E-state index is 7.35. The maximum absolute atomic E-state index is 7.35. The van der Waals surface area contributed by atoms with Crippen LogP contribution in [0.25, 0.3) is 6.08 Å². The lowest BCUT2D eigenvalue weighted by atomic mass is 9.58.